The lowest BCUT2D eigenvalue weighted by atomic mass is 9.66. The van der Waals surface area contributed by atoms with Gasteiger partial charge in [-0.25, -0.2) is 0 Å². The summed E-state index contributed by atoms with van der Waals surface area (Å²) in [4.78, 5) is 0. The average molecular weight is 216 g/mol. The first kappa shape index (κ1) is 14.3. The van der Waals surface area contributed by atoms with Crippen molar-refractivity contribution < 1.29 is 0 Å². The van der Waals surface area contributed by atoms with Crippen molar-refractivity contribution in [3.63, 3.8) is 0 Å². The molecule has 0 aromatic rings. The highest BCUT2D eigenvalue weighted by atomic mass is 32.1. The van der Waals surface area contributed by atoms with Crippen LogP contribution in [0.25, 0.3) is 0 Å². The lowest BCUT2D eigenvalue weighted by molar-refractivity contribution is 0.115. The van der Waals surface area contributed by atoms with Gasteiger partial charge >= 0.3 is 0 Å². The predicted octanol–water partition coefficient (Wildman–Crippen LogP) is 4.94. The molecule has 14 heavy (non-hydrogen) atoms. The zero-order valence-corrected chi connectivity index (χ0v) is 12.0. The minimum absolute atomic E-state index is 0.188. The highest BCUT2D eigenvalue weighted by Crippen LogP contribution is 2.42. The second kappa shape index (κ2) is 4.47. The molecule has 0 aromatic heterocycles. The Morgan fingerprint density at radius 1 is 0.786 bits per heavy atom. The van der Waals surface area contributed by atoms with Crippen molar-refractivity contribution in [3.8, 4) is 0 Å². The van der Waals surface area contributed by atoms with Crippen LogP contribution in [0.4, 0.5) is 0 Å². The third-order valence-electron chi connectivity index (χ3n) is 3.62. The first-order valence-corrected chi connectivity index (χ1v) is 6.13. The third kappa shape index (κ3) is 5.29. The first-order chi connectivity index (χ1) is 5.96. The Hall–Kier alpha value is 0.350. The van der Waals surface area contributed by atoms with E-state index in [1.54, 1.807) is 0 Å². The maximum Gasteiger partial charge on any atom is 0.00731 e. The van der Waals surface area contributed by atoms with E-state index in [2.05, 4.69) is 61.1 Å². The summed E-state index contributed by atoms with van der Waals surface area (Å²) in [6.07, 6.45) is 3.77. The summed E-state index contributed by atoms with van der Waals surface area (Å²) in [5.74, 6) is 0. The number of thiol groups is 1. The SMILES string of the molecule is CC(C)(S)CCCC(C)(C)C(C)(C)C. The van der Waals surface area contributed by atoms with E-state index in [-0.39, 0.29) is 4.75 Å². The van der Waals surface area contributed by atoms with Crippen LogP contribution in [0.3, 0.4) is 0 Å². The summed E-state index contributed by atoms with van der Waals surface area (Å²) >= 11 is 4.56. The first-order valence-electron chi connectivity index (χ1n) is 5.68. The lowest BCUT2D eigenvalue weighted by Crippen LogP contribution is -2.29. The summed E-state index contributed by atoms with van der Waals surface area (Å²) in [5.41, 5.74) is 0.819. The van der Waals surface area contributed by atoms with Gasteiger partial charge in [-0.2, -0.15) is 12.6 Å². The van der Waals surface area contributed by atoms with Gasteiger partial charge in [0, 0.05) is 4.75 Å². The summed E-state index contributed by atoms with van der Waals surface area (Å²) in [6, 6.07) is 0. The van der Waals surface area contributed by atoms with E-state index in [0.29, 0.717) is 10.8 Å². The minimum atomic E-state index is 0.188. The van der Waals surface area contributed by atoms with Crippen LogP contribution in [-0.2, 0) is 0 Å². The fourth-order valence-corrected chi connectivity index (χ4v) is 1.50. The van der Waals surface area contributed by atoms with E-state index in [1.165, 1.54) is 19.3 Å². The van der Waals surface area contributed by atoms with Gasteiger partial charge in [-0.1, -0.05) is 54.9 Å². The second-order valence-electron chi connectivity index (χ2n) is 6.80. The molecule has 0 atom stereocenters. The molecule has 0 saturated carbocycles. The molecule has 0 amide bonds. The van der Waals surface area contributed by atoms with Crippen LogP contribution in [0.2, 0.25) is 0 Å². The van der Waals surface area contributed by atoms with E-state index in [1.807, 2.05) is 0 Å². The van der Waals surface area contributed by atoms with E-state index < -0.39 is 0 Å². The summed E-state index contributed by atoms with van der Waals surface area (Å²) in [7, 11) is 0. The lowest BCUT2D eigenvalue weighted by Gasteiger charge is -2.39. The molecule has 0 heterocycles. The van der Waals surface area contributed by atoms with Crippen LogP contribution >= 0.6 is 12.6 Å². The van der Waals surface area contributed by atoms with Crippen LogP contribution in [0.15, 0.2) is 0 Å². The Balaban J connectivity index is 4.02. The Morgan fingerprint density at radius 2 is 1.21 bits per heavy atom. The molecule has 0 aliphatic rings. The van der Waals surface area contributed by atoms with Crippen LogP contribution in [0.1, 0.15) is 67.7 Å². The van der Waals surface area contributed by atoms with E-state index >= 15 is 0 Å². The maximum atomic E-state index is 4.56. The molecule has 0 radical (unpaired) electrons. The van der Waals surface area contributed by atoms with Crippen molar-refractivity contribution in [3.05, 3.63) is 0 Å². The molecule has 0 fully saturated rings. The quantitative estimate of drug-likeness (QED) is 0.632. The van der Waals surface area contributed by atoms with E-state index in [0.717, 1.165) is 0 Å². The Labute approximate surface area is 96.3 Å². The molecule has 0 bridgehead atoms. The molecular formula is C13H28S. The van der Waals surface area contributed by atoms with Crippen LogP contribution in [0, 0.1) is 10.8 Å². The third-order valence-corrected chi connectivity index (χ3v) is 3.84. The van der Waals surface area contributed by atoms with Gasteiger partial charge in [0.25, 0.3) is 0 Å². The predicted molar refractivity (Wildman–Crippen MR) is 70.2 cm³/mol. The number of hydrogen-bond acceptors (Lipinski definition) is 1. The second-order valence-corrected chi connectivity index (χ2v) is 8.01. The normalized spacial score (nSPS) is 14.6. The largest absolute Gasteiger partial charge is 0.173 e. The molecule has 1 heteroatoms. The molecule has 0 aliphatic heterocycles. The Kier molecular flexibility index (Phi) is 4.58. The molecule has 0 aromatic carbocycles. The number of rotatable bonds is 4. The molecule has 0 unspecified atom stereocenters. The standard InChI is InChI=1S/C13H28S/c1-11(2,3)12(4,5)9-8-10-13(6,7)14/h14H,8-10H2,1-7H3. The van der Waals surface area contributed by atoms with Crippen molar-refractivity contribution in [1.29, 1.82) is 0 Å². The van der Waals surface area contributed by atoms with Crippen molar-refractivity contribution in [2.45, 2.75) is 72.5 Å². The maximum absolute atomic E-state index is 4.56. The fraction of sp³-hybridized carbons (Fsp3) is 1.00. The summed E-state index contributed by atoms with van der Waals surface area (Å²) in [6.45, 7) is 16.1. The van der Waals surface area contributed by atoms with Crippen molar-refractivity contribution in [2.24, 2.45) is 10.8 Å². The molecule has 86 valence electrons. The van der Waals surface area contributed by atoms with Gasteiger partial charge in [-0.05, 0) is 23.7 Å². The highest BCUT2D eigenvalue weighted by Gasteiger charge is 2.32. The van der Waals surface area contributed by atoms with Crippen molar-refractivity contribution in [1.82, 2.24) is 0 Å². The number of hydrogen-bond donors (Lipinski definition) is 1. The van der Waals surface area contributed by atoms with E-state index in [9.17, 15) is 0 Å². The molecule has 0 N–H and O–H groups in total. The fourth-order valence-electron chi connectivity index (χ4n) is 1.34. The van der Waals surface area contributed by atoms with Gasteiger partial charge in [0.1, 0.15) is 0 Å². The summed E-state index contributed by atoms with van der Waals surface area (Å²) < 4.78 is 0.188. The zero-order chi connectivity index (χ0) is 11.6. The Bertz CT molecular complexity index is 167. The van der Waals surface area contributed by atoms with Gasteiger partial charge in [-0.3, -0.25) is 0 Å². The van der Waals surface area contributed by atoms with Crippen LogP contribution in [-0.4, -0.2) is 4.75 Å². The van der Waals surface area contributed by atoms with Gasteiger partial charge in [0.2, 0.25) is 0 Å². The van der Waals surface area contributed by atoms with Gasteiger partial charge in [0.15, 0.2) is 0 Å². The Morgan fingerprint density at radius 3 is 1.50 bits per heavy atom. The average Bonchev–Trinajstić information content (AvgIpc) is 1.80. The molecular weight excluding hydrogens is 188 g/mol. The monoisotopic (exact) mass is 216 g/mol. The highest BCUT2D eigenvalue weighted by molar-refractivity contribution is 7.81. The van der Waals surface area contributed by atoms with Gasteiger partial charge in [-0.15, -0.1) is 0 Å². The summed E-state index contributed by atoms with van der Waals surface area (Å²) in [5, 5.41) is 0. The zero-order valence-electron chi connectivity index (χ0n) is 11.1. The smallest absolute Gasteiger partial charge is 0.00731 e. The molecule has 0 nitrogen and oxygen atoms in total. The topological polar surface area (TPSA) is 0 Å². The molecule has 0 saturated heterocycles. The van der Waals surface area contributed by atoms with Crippen molar-refractivity contribution in [2.75, 3.05) is 0 Å². The van der Waals surface area contributed by atoms with Crippen LogP contribution < -0.4 is 0 Å². The van der Waals surface area contributed by atoms with Crippen molar-refractivity contribution >= 4 is 12.6 Å². The molecule has 0 rings (SSSR count). The van der Waals surface area contributed by atoms with Gasteiger partial charge in [0.05, 0.1) is 0 Å². The minimum Gasteiger partial charge on any atom is -0.173 e. The molecule has 0 spiro atoms. The van der Waals surface area contributed by atoms with Crippen LogP contribution in [0.5, 0.6) is 0 Å². The molecule has 0 aliphatic carbocycles. The van der Waals surface area contributed by atoms with E-state index in [4.69, 9.17) is 0 Å². The van der Waals surface area contributed by atoms with Gasteiger partial charge < -0.3 is 0 Å².